The number of pyridine rings is 1. The zero-order valence-electron chi connectivity index (χ0n) is 19.7. The Labute approximate surface area is 217 Å². The van der Waals surface area contributed by atoms with E-state index in [9.17, 15) is 5.11 Å². The molecule has 2 saturated heterocycles. The van der Waals surface area contributed by atoms with E-state index < -0.39 is 6.10 Å². The largest absolute Gasteiger partial charge is 0.456 e. The molecule has 0 saturated carbocycles. The second-order valence-electron chi connectivity index (χ2n) is 9.05. The summed E-state index contributed by atoms with van der Waals surface area (Å²) >= 11 is 8.28. The number of H-pyrrole nitrogens is 1. The third-order valence-electron chi connectivity index (χ3n) is 6.28. The molecule has 2 aliphatic heterocycles. The van der Waals surface area contributed by atoms with Crippen molar-refractivity contribution in [1.29, 1.82) is 0 Å². The Kier molecular flexibility index (Phi) is 6.37. The Bertz CT molecular complexity index is 1380. The van der Waals surface area contributed by atoms with Gasteiger partial charge in [0.2, 0.25) is 0 Å². The molecule has 10 heteroatoms. The number of nitrogens with zero attached hydrogens (tertiary/aromatic N) is 3. The highest BCUT2D eigenvalue weighted by Gasteiger charge is 2.48. The predicted molar refractivity (Wildman–Crippen MR) is 139 cm³/mol. The van der Waals surface area contributed by atoms with Crippen molar-refractivity contribution < 1.29 is 19.3 Å². The Morgan fingerprint density at radius 3 is 2.36 bits per heavy atom. The molecule has 2 aliphatic rings. The smallest absolute Gasteiger partial charge is 0.296 e. The minimum atomic E-state index is -0.630. The first-order chi connectivity index (χ1) is 17.4. The van der Waals surface area contributed by atoms with Crippen molar-refractivity contribution in [2.24, 2.45) is 0 Å². The van der Waals surface area contributed by atoms with Crippen LogP contribution in [0.5, 0.6) is 6.01 Å². The monoisotopic (exact) mass is 524 g/mol. The quantitative estimate of drug-likeness (QED) is 0.358. The summed E-state index contributed by atoms with van der Waals surface area (Å²) in [6.07, 6.45) is -1.67. The average Bonchev–Trinajstić information content (AvgIpc) is 3.55. The number of ether oxygens (including phenoxy) is 3. The van der Waals surface area contributed by atoms with Crippen molar-refractivity contribution in [3.8, 4) is 28.4 Å². The fourth-order valence-corrected chi connectivity index (χ4v) is 5.52. The van der Waals surface area contributed by atoms with Gasteiger partial charge in [0.15, 0.2) is 11.8 Å². The second kappa shape index (κ2) is 9.66. The number of hydrogen-bond donors (Lipinski definition) is 2. The van der Waals surface area contributed by atoms with Gasteiger partial charge in [0.05, 0.1) is 23.9 Å². The highest BCUT2D eigenvalue weighted by molar-refractivity contribution is 7.97. The van der Waals surface area contributed by atoms with Gasteiger partial charge in [-0.3, -0.25) is 9.29 Å². The van der Waals surface area contributed by atoms with E-state index >= 15 is 0 Å². The van der Waals surface area contributed by atoms with E-state index in [0.29, 0.717) is 34.5 Å². The van der Waals surface area contributed by atoms with Crippen LogP contribution in [0.3, 0.4) is 0 Å². The molecule has 8 nitrogen and oxygen atoms in total. The topological polar surface area (TPSA) is 92.7 Å². The Hall–Kier alpha value is -2.66. The van der Waals surface area contributed by atoms with Gasteiger partial charge in [-0.25, -0.2) is 4.98 Å². The molecule has 6 rings (SSSR count). The van der Waals surface area contributed by atoms with Crippen LogP contribution in [0.25, 0.3) is 33.5 Å². The van der Waals surface area contributed by atoms with Gasteiger partial charge in [-0.2, -0.15) is 4.98 Å². The minimum Gasteiger partial charge on any atom is -0.456 e. The molecule has 4 aromatic rings. The van der Waals surface area contributed by atoms with Crippen molar-refractivity contribution in [3.05, 3.63) is 59.6 Å². The summed E-state index contributed by atoms with van der Waals surface area (Å²) in [5.74, 6) is 0. The standard InChI is InChI=1S/C26H25ClN4O4S/c1-31(2)36-17-9-7-15(8-10-17)14-3-5-16(6-4-14)22-18(27)11-19-25(29-22)30-26(28-19)35-21-13-34-23-20(32)12-33-24(21)23/h3-11,20-21,23-24,32H,12-13H2,1-2H3,(H,28,29,30). The summed E-state index contributed by atoms with van der Waals surface area (Å²) in [4.78, 5) is 13.5. The van der Waals surface area contributed by atoms with Crippen LogP contribution in [0.1, 0.15) is 0 Å². The third-order valence-corrected chi connectivity index (χ3v) is 7.42. The molecule has 186 valence electrons. The highest BCUT2D eigenvalue weighted by atomic mass is 35.5. The summed E-state index contributed by atoms with van der Waals surface area (Å²) in [6, 6.07) is 18.8. The fraction of sp³-hybridized carbons (Fsp3) is 0.308. The van der Waals surface area contributed by atoms with Crippen LogP contribution in [0.2, 0.25) is 5.02 Å². The lowest BCUT2D eigenvalue weighted by Gasteiger charge is -2.15. The first-order valence-electron chi connectivity index (χ1n) is 11.6. The average molecular weight is 525 g/mol. The van der Waals surface area contributed by atoms with E-state index in [1.807, 2.05) is 26.2 Å². The normalized spacial score (nSPS) is 23.5. The molecule has 0 radical (unpaired) electrons. The first-order valence-corrected chi connectivity index (χ1v) is 12.8. The number of halogens is 1. The van der Waals surface area contributed by atoms with E-state index in [4.69, 9.17) is 30.8 Å². The summed E-state index contributed by atoms with van der Waals surface area (Å²) in [5.41, 5.74) is 5.01. The van der Waals surface area contributed by atoms with Crippen molar-refractivity contribution in [2.75, 3.05) is 27.3 Å². The van der Waals surface area contributed by atoms with Gasteiger partial charge in [-0.1, -0.05) is 48.0 Å². The van der Waals surface area contributed by atoms with Gasteiger partial charge in [-0.05, 0) is 55.4 Å². The van der Waals surface area contributed by atoms with E-state index in [0.717, 1.165) is 16.7 Å². The van der Waals surface area contributed by atoms with Crippen LogP contribution < -0.4 is 4.74 Å². The van der Waals surface area contributed by atoms with E-state index in [1.54, 1.807) is 18.0 Å². The van der Waals surface area contributed by atoms with Crippen LogP contribution in [0, 0.1) is 0 Å². The molecule has 36 heavy (non-hydrogen) atoms. The van der Waals surface area contributed by atoms with Gasteiger partial charge < -0.3 is 19.3 Å². The van der Waals surface area contributed by atoms with Crippen LogP contribution >= 0.6 is 23.5 Å². The SMILES string of the molecule is CN(C)Sc1ccc(-c2ccc(-c3nc4[nH]c(OC5COC6C(O)COC56)nc4cc3Cl)cc2)cc1. The molecule has 4 heterocycles. The number of nitrogens with one attached hydrogen (secondary N) is 1. The summed E-state index contributed by atoms with van der Waals surface area (Å²) in [7, 11) is 4.06. The number of aromatic nitrogens is 3. The van der Waals surface area contributed by atoms with Crippen LogP contribution in [0.15, 0.2) is 59.5 Å². The molecule has 4 atom stereocenters. The Morgan fingerprint density at radius 1 is 0.972 bits per heavy atom. The summed E-state index contributed by atoms with van der Waals surface area (Å²) in [6.45, 7) is 0.571. The van der Waals surface area contributed by atoms with Crippen molar-refractivity contribution in [1.82, 2.24) is 19.3 Å². The lowest BCUT2D eigenvalue weighted by atomic mass is 10.0. The Morgan fingerprint density at radius 2 is 1.64 bits per heavy atom. The molecule has 2 N–H and O–H groups in total. The molecule has 4 unspecified atom stereocenters. The van der Waals surface area contributed by atoms with Crippen molar-refractivity contribution in [3.63, 3.8) is 0 Å². The second-order valence-corrected chi connectivity index (χ2v) is 10.8. The van der Waals surface area contributed by atoms with E-state index in [-0.39, 0.29) is 24.9 Å². The number of hydrogen-bond acceptors (Lipinski definition) is 8. The number of imidazole rings is 1. The fourth-order valence-electron chi connectivity index (χ4n) is 4.58. The van der Waals surface area contributed by atoms with E-state index in [2.05, 4.69) is 50.7 Å². The van der Waals surface area contributed by atoms with Gasteiger partial charge >= 0.3 is 0 Å². The minimum absolute atomic E-state index is 0.246. The predicted octanol–water partition coefficient (Wildman–Crippen LogP) is 4.42. The van der Waals surface area contributed by atoms with Crippen molar-refractivity contribution in [2.45, 2.75) is 29.3 Å². The zero-order chi connectivity index (χ0) is 24.8. The summed E-state index contributed by atoms with van der Waals surface area (Å²) in [5, 5.41) is 10.4. The molecule has 2 fully saturated rings. The van der Waals surface area contributed by atoms with Gasteiger partial charge in [0, 0.05) is 10.5 Å². The zero-order valence-corrected chi connectivity index (χ0v) is 21.3. The molecule has 2 aromatic heterocycles. The maximum absolute atomic E-state index is 9.93. The van der Waals surface area contributed by atoms with E-state index in [1.165, 1.54) is 4.90 Å². The molecule has 0 amide bonds. The van der Waals surface area contributed by atoms with Gasteiger partial charge in [-0.15, -0.1) is 0 Å². The Balaban J connectivity index is 1.21. The molecule has 0 aliphatic carbocycles. The molecular formula is C26H25ClN4O4S. The third kappa shape index (κ3) is 4.58. The number of fused-ring (bicyclic) bond motifs is 2. The molecular weight excluding hydrogens is 500 g/mol. The van der Waals surface area contributed by atoms with Crippen LogP contribution in [-0.2, 0) is 9.47 Å². The number of rotatable bonds is 6. The first kappa shape index (κ1) is 23.7. The van der Waals surface area contributed by atoms with Gasteiger partial charge in [0.25, 0.3) is 6.01 Å². The van der Waals surface area contributed by atoms with Crippen LogP contribution in [-0.4, -0.2) is 76.1 Å². The number of aliphatic hydroxyl groups excluding tert-OH is 1. The maximum atomic E-state index is 9.93. The lowest BCUT2D eigenvalue weighted by Crippen LogP contribution is -2.34. The number of benzene rings is 2. The lowest BCUT2D eigenvalue weighted by molar-refractivity contribution is 0.00706. The molecule has 0 bridgehead atoms. The van der Waals surface area contributed by atoms with Crippen molar-refractivity contribution >= 4 is 34.7 Å². The maximum Gasteiger partial charge on any atom is 0.296 e. The summed E-state index contributed by atoms with van der Waals surface area (Å²) < 4.78 is 19.3. The molecule has 0 spiro atoms. The number of aliphatic hydroxyl groups is 1. The molecule has 2 aromatic carbocycles. The van der Waals surface area contributed by atoms with Crippen LogP contribution in [0.4, 0.5) is 0 Å². The van der Waals surface area contributed by atoms with Gasteiger partial charge in [0.1, 0.15) is 23.8 Å². The highest BCUT2D eigenvalue weighted by Crippen LogP contribution is 2.33. The number of aromatic amines is 1.